The van der Waals surface area contributed by atoms with Crippen molar-refractivity contribution in [1.82, 2.24) is 0 Å². The van der Waals surface area contributed by atoms with Gasteiger partial charge in [0.2, 0.25) is 0 Å². The molecule has 144 valence electrons. The first-order valence-electron chi connectivity index (χ1n) is 8.39. The highest BCUT2D eigenvalue weighted by Crippen LogP contribution is 2.35. The zero-order valence-electron chi connectivity index (χ0n) is 15.4. The fourth-order valence-electron chi connectivity index (χ4n) is 2.78. The summed E-state index contributed by atoms with van der Waals surface area (Å²) in [6.45, 7) is 3.97. The Morgan fingerprint density at radius 2 is 1.78 bits per heavy atom. The number of esters is 1. The fourth-order valence-corrected chi connectivity index (χ4v) is 4.26. The molecule has 3 rings (SSSR count). The van der Waals surface area contributed by atoms with Gasteiger partial charge in [0.1, 0.15) is 19.8 Å². The van der Waals surface area contributed by atoms with E-state index < -0.39 is 22.5 Å². The fraction of sp³-hybridized carbons (Fsp3) is 0.316. The van der Waals surface area contributed by atoms with Gasteiger partial charge in [-0.1, -0.05) is 12.1 Å². The van der Waals surface area contributed by atoms with Gasteiger partial charge in [0.05, 0.1) is 17.7 Å². The molecule has 0 aromatic heterocycles. The highest BCUT2D eigenvalue weighted by molar-refractivity contribution is 7.92. The normalized spacial score (nSPS) is 13.1. The molecule has 1 aliphatic rings. The minimum absolute atomic E-state index is 0.0107. The topological polar surface area (TPSA) is 82.1 Å². The van der Waals surface area contributed by atoms with Gasteiger partial charge in [0.15, 0.2) is 11.5 Å². The Balaban J connectivity index is 2.10. The van der Waals surface area contributed by atoms with Crippen molar-refractivity contribution < 1.29 is 27.4 Å². The quantitative estimate of drug-likeness (QED) is 0.728. The van der Waals surface area contributed by atoms with Crippen LogP contribution in [0.5, 0.6) is 11.5 Å². The van der Waals surface area contributed by atoms with Gasteiger partial charge in [-0.25, -0.2) is 8.42 Å². The Morgan fingerprint density at radius 3 is 2.48 bits per heavy atom. The first-order chi connectivity index (χ1) is 12.8. The summed E-state index contributed by atoms with van der Waals surface area (Å²) in [6.07, 6.45) is 0. The van der Waals surface area contributed by atoms with Crippen molar-refractivity contribution in [3.05, 3.63) is 47.5 Å². The summed E-state index contributed by atoms with van der Waals surface area (Å²) in [4.78, 5) is 11.9. The molecule has 0 saturated carbocycles. The molecule has 2 aromatic carbocycles. The molecule has 2 aromatic rings. The molecule has 0 spiro atoms. The van der Waals surface area contributed by atoms with Crippen LogP contribution in [0.3, 0.4) is 0 Å². The Bertz CT molecular complexity index is 970. The monoisotopic (exact) mass is 391 g/mol. The van der Waals surface area contributed by atoms with Crippen molar-refractivity contribution in [3.63, 3.8) is 0 Å². The average Bonchev–Trinajstić information content (AvgIpc) is 2.67. The second-order valence-corrected chi connectivity index (χ2v) is 8.05. The van der Waals surface area contributed by atoms with Gasteiger partial charge in [-0.2, -0.15) is 0 Å². The smallest absolute Gasteiger partial charge is 0.326 e. The summed E-state index contributed by atoms with van der Waals surface area (Å²) in [5.41, 5.74) is 2.03. The number of methoxy groups -OCH3 is 1. The number of rotatable bonds is 5. The van der Waals surface area contributed by atoms with Crippen LogP contribution in [0.25, 0.3) is 0 Å². The predicted octanol–water partition coefficient (Wildman–Crippen LogP) is 2.44. The Kier molecular flexibility index (Phi) is 5.27. The van der Waals surface area contributed by atoms with Crippen molar-refractivity contribution in [2.45, 2.75) is 18.7 Å². The van der Waals surface area contributed by atoms with E-state index in [-0.39, 0.29) is 4.90 Å². The van der Waals surface area contributed by atoms with Crippen LogP contribution in [0.1, 0.15) is 11.1 Å². The van der Waals surface area contributed by atoms with Crippen molar-refractivity contribution in [2.24, 2.45) is 0 Å². The van der Waals surface area contributed by atoms with Crippen LogP contribution in [0.15, 0.2) is 41.3 Å². The van der Waals surface area contributed by atoms with Gasteiger partial charge in [-0.05, 0) is 43.2 Å². The highest BCUT2D eigenvalue weighted by Gasteiger charge is 2.30. The molecule has 8 heteroatoms. The molecule has 0 N–H and O–H groups in total. The Morgan fingerprint density at radius 1 is 1.07 bits per heavy atom. The lowest BCUT2D eigenvalue weighted by atomic mass is 10.1. The minimum Gasteiger partial charge on any atom is -0.486 e. The van der Waals surface area contributed by atoms with Gasteiger partial charge in [-0.15, -0.1) is 0 Å². The van der Waals surface area contributed by atoms with Crippen LogP contribution < -0.4 is 13.8 Å². The van der Waals surface area contributed by atoms with Gasteiger partial charge in [0, 0.05) is 6.07 Å². The van der Waals surface area contributed by atoms with Crippen LogP contribution in [-0.4, -0.2) is 41.3 Å². The lowest BCUT2D eigenvalue weighted by molar-refractivity contribution is -0.138. The summed E-state index contributed by atoms with van der Waals surface area (Å²) >= 11 is 0. The molecule has 27 heavy (non-hydrogen) atoms. The molecule has 0 unspecified atom stereocenters. The predicted molar refractivity (Wildman–Crippen MR) is 99.9 cm³/mol. The third-order valence-corrected chi connectivity index (χ3v) is 5.99. The number of fused-ring (bicyclic) bond motifs is 1. The molecule has 1 aliphatic heterocycles. The van der Waals surface area contributed by atoms with E-state index in [1.165, 1.54) is 19.2 Å². The maximum absolute atomic E-state index is 13.4. The van der Waals surface area contributed by atoms with Crippen LogP contribution >= 0.6 is 0 Å². The third-order valence-electron chi connectivity index (χ3n) is 4.24. The lowest BCUT2D eigenvalue weighted by Gasteiger charge is -2.26. The summed E-state index contributed by atoms with van der Waals surface area (Å²) in [6, 6.07) is 9.84. The lowest BCUT2D eigenvalue weighted by Crippen LogP contribution is -2.37. The summed E-state index contributed by atoms with van der Waals surface area (Å²) < 4.78 is 43.4. The van der Waals surface area contributed by atoms with E-state index in [1.54, 1.807) is 19.1 Å². The summed E-state index contributed by atoms with van der Waals surface area (Å²) in [5, 5.41) is 0. The molecule has 0 aliphatic carbocycles. The van der Waals surface area contributed by atoms with Gasteiger partial charge in [-0.3, -0.25) is 9.10 Å². The summed E-state index contributed by atoms with van der Waals surface area (Å²) in [7, 11) is -2.81. The molecule has 0 fully saturated rings. The van der Waals surface area contributed by atoms with Gasteiger partial charge >= 0.3 is 5.97 Å². The number of carbonyl (C=O) groups is 1. The van der Waals surface area contributed by atoms with Crippen LogP contribution in [0, 0.1) is 13.8 Å². The standard InChI is InChI=1S/C19H21NO6S/c1-13-4-5-14(2)16(10-13)20(12-19(21)24-3)27(22,23)15-6-7-17-18(11-15)26-9-8-25-17/h4-7,10-11H,8-9,12H2,1-3H3. The maximum Gasteiger partial charge on any atom is 0.326 e. The van der Waals surface area contributed by atoms with E-state index in [9.17, 15) is 13.2 Å². The number of nitrogens with zero attached hydrogens (tertiary/aromatic N) is 1. The number of anilines is 1. The molecule has 0 amide bonds. The molecular weight excluding hydrogens is 370 g/mol. The average molecular weight is 391 g/mol. The number of carbonyl (C=O) groups excluding carboxylic acids is 1. The Hall–Kier alpha value is -2.74. The molecular formula is C19H21NO6S. The zero-order valence-corrected chi connectivity index (χ0v) is 16.2. The molecule has 0 atom stereocenters. The molecule has 0 saturated heterocycles. The van der Waals surface area contributed by atoms with Crippen LogP contribution in [0.4, 0.5) is 5.69 Å². The second kappa shape index (κ2) is 7.48. The molecule has 1 heterocycles. The van der Waals surface area contributed by atoms with Crippen molar-refractivity contribution in [3.8, 4) is 11.5 Å². The number of hydrogen-bond acceptors (Lipinski definition) is 6. The first kappa shape index (κ1) is 19.0. The van der Waals surface area contributed by atoms with Crippen molar-refractivity contribution in [1.29, 1.82) is 0 Å². The van der Waals surface area contributed by atoms with Crippen molar-refractivity contribution >= 4 is 21.7 Å². The second-order valence-electron chi connectivity index (χ2n) is 6.18. The number of sulfonamides is 1. The van der Waals surface area contributed by atoms with E-state index in [0.717, 1.165) is 15.4 Å². The molecule has 0 radical (unpaired) electrons. The summed E-state index contributed by atoms with van der Waals surface area (Å²) in [5.74, 6) is 0.199. The number of aryl methyl sites for hydroxylation is 2. The zero-order chi connectivity index (χ0) is 19.6. The number of ether oxygens (including phenoxy) is 3. The van der Waals surface area contributed by atoms with E-state index in [4.69, 9.17) is 14.2 Å². The van der Waals surface area contributed by atoms with Crippen LogP contribution in [0.2, 0.25) is 0 Å². The first-order valence-corrected chi connectivity index (χ1v) is 9.83. The van der Waals surface area contributed by atoms with E-state index in [0.29, 0.717) is 30.4 Å². The third kappa shape index (κ3) is 3.85. The largest absolute Gasteiger partial charge is 0.486 e. The minimum atomic E-state index is -4.04. The van der Waals surface area contributed by atoms with Crippen molar-refractivity contribution in [2.75, 3.05) is 31.2 Å². The number of hydrogen-bond donors (Lipinski definition) is 0. The Labute approximate surface area is 158 Å². The van der Waals surface area contributed by atoms with E-state index >= 15 is 0 Å². The number of benzene rings is 2. The molecule has 0 bridgehead atoms. The van der Waals surface area contributed by atoms with Crippen LogP contribution in [-0.2, 0) is 19.6 Å². The molecule has 7 nitrogen and oxygen atoms in total. The van der Waals surface area contributed by atoms with Gasteiger partial charge < -0.3 is 14.2 Å². The SMILES string of the molecule is COC(=O)CN(c1cc(C)ccc1C)S(=O)(=O)c1ccc2c(c1)OCCO2. The van der Waals surface area contributed by atoms with E-state index in [2.05, 4.69) is 0 Å². The maximum atomic E-state index is 13.4. The highest BCUT2D eigenvalue weighted by atomic mass is 32.2. The van der Waals surface area contributed by atoms with E-state index in [1.807, 2.05) is 19.1 Å². The van der Waals surface area contributed by atoms with Gasteiger partial charge in [0.25, 0.3) is 10.0 Å².